The standard InChI is InChI=1S/C48H49F2N11O7S/c1-55-43-24-34(6-11-41(43)61(48(55)65)42-12-13-44(62)53-46(42)63)57-17-14-30(15-18-57)27-56-20-22-58(23-21-56)32-2-4-33(5-3-32)60-29-52-39-9-7-35(25-36(39)47(60)64)68-45-37(26-51)40(10-8-38(45)50)54-69(66,67)59-19-16-31(49)28-59/h2-11,24-25,29-31,42,54H,12-23,27-28H2,1H3,(H,53,62,63). The third kappa shape index (κ3) is 8.90. The number of fused-ring (bicyclic) bond motifs is 2. The van der Waals surface area contributed by atoms with E-state index in [1.807, 2.05) is 42.5 Å². The van der Waals surface area contributed by atoms with Crippen molar-refractivity contribution in [2.45, 2.75) is 44.3 Å². The molecule has 4 aliphatic rings. The summed E-state index contributed by atoms with van der Waals surface area (Å²) in [5.41, 5.74) is 3.07. The number of benzene rings is 4. The molecule has 358 valence electrons. The van der Waals surface area contributed by atoms with Crippen molar-refractivity contribution >= 4 is 61.0 Å². The summed E-state index contributed by atoms with van der Waals surface area (Å²) in [6, 6.07) is 21.1. The highest BCUT2D eigenvalue weighted by atomic mass is 32.2. The molecule has 4 aromatic carbocycles. The van der Waals surface area contributed by atoms with E-state index in [1.54, 1.807) is 17.7 Å². The SMILES string of the molecule is Cn1c(=O)n(C2CCC(=O)NC2=O)c2ccc(N3CCC(CN4CCN(c5ccc(-n6cnc7ccc(Oc8c(F)ccc(NS(=O)(=O)N9CCC(F)C9)c8C#N)cc7c6=O)cc5)CC4)CC3)cc21. The number of nitriles is 1. The van der Waals surface area contributed by atoms with Gasteiger partial charge in [-0.05, 0) is 104 Å². The zero-order valence-electron chi connectivity index (χ0n) is 37.7. The van der Waals surface area contributed by atoms with E-state index in [4.69, 9.17) is 4.74 Å². The zero-order valence-corrected chi connectivity index (χ0v) is 38.5. The molecular weight excluding hydrogens is 913 g/mol. The van der Waals surface area contributed by atoms with Crippen molar-refractivity contribution in [1.29, 1.82) is 5.26 Å². The Bertz CT molecular complexity index is 3280. The zero-order chi connectivity index (χ0) is 48.1. The molecule has 4 fully saturated rings. The topological polar surface area (TPSA) is 200 Å². The second-order valence-corrected chi connectivity index (χ2v) is 19.7. The first-order valence-electron chi connectivity index (χ1n) is 23.0. The number of imidazole rings is 1. The first-order valence-corrected chi connectivity index (χ1v) is 24.4. The second-order valence-electron chi connectivity index (χ2n) is 18.0. The van der Waals surface area contributed by atoms with Crippen LogP contribution in [0.25, 0.3) is 27.6 Å². The van der Waals surface area contributed by atoms with Gasteiger partial charge in [0.1, 0.15) is 35.9 Å². The summed E-state index contributed by atoms with van der Waals surface area (Å²) < 4.78 is 68.3. The van der Waals surface area contributed by atoms with E-state index in [0.717, 1.165) is 92.0 Å². The number of carbonyl (C=O) groups excluding carboxylic acids is 2. The average Bonchev–Trinajstić information content (AvgIpc) is 3.90. The normalized spacial score (nSPS) is 19.9. The van der Waals surface area contributed by atoms with Crippen LogP contribution in [-0.4, -0.2) is 113 Å². The number of hydrogen-bond acceptors (Lipinski definition) is 12. The molecule has 0 saturated carbocycles. The molecule has 0 radical (unpaired) electrons. The summed E-state index contributed by atoms with van der Waals surface area (Å²) in [4.78, 5) is 63.2. The number of nitrogens with zero attached hydrogens (tertiary/aromatic N) is 9. The molecule has 0 bridgehead atoms. The van der Waals surface area contributed by atoms with E-state index in [2.05, 4.69) is 29.7 Å². The van der Waals surface area contributed by atoms with Gasteiger partial charge in [-0.15, -0.1) is 0 Å². The van der Waals surface area contributed by atoms with Crippen molar-refractivity contribution in [2.75, 3.05) is 73.4 Å². The smallest absolute Gasteiger partial charge is 0.329 e. The lowest BCUT2D eigenvalue weighted by atomic mass is 9.95. The summed E-state index contributed by atoms with van der Waals surface area (Å²) >= 11 is 0. The molecule has 0 spiro atoms. The van der Waals surface area contributed by atoms with E-state index in [9.17, 15) is 37.2 Å². The van der Waals surface area contributed by atoms with Crippen molar-refractivity contribution in [2.24, 2.45) is 13.0 Å². The molecule has 4 saturated heterocycles. The van der Waals surface area contributed by atoms with E-state index in [-0.39, 0.29) is 54.4 Å². The highest BCUT2D eigenvalue weighted by Gasteiger charge is 2.34. The molecule has 2 atom stereocenters. The molecule has 2 N–H and O–H groups in total. The number of rotatable bonds is 11. The molecule has 10 rings (SSSR count). The van der Waals surface area contributed by atoms with Gasteiger partial charge in [0.25, 0.3) is 5.56 Å². The maximum Gasteiger partial charge on any atom is 0.329 e. The van der Waals surface area contributed by atoms with Crippen LogP contribution in [-0.2, 0) is 26.8 Å². The Labute approximate surface area is 395 Å². The highest BCUT2D eigenvalue weighted by molar-refractivity contribution is 7.90. The van der Waals surface area contributed by atoms with Crippen molar-refractivity contribution in [3.8, 4) is 23.3 Å². The van der Waals surface area contributed by atoms with Crippen LogP contribution in [0.3, 0.4) is 0 Å². The number of halogens is 2. The summed E-state index contributed by atoms with van der Waals surface area (Å²) in [7, 11) is -2.53. The second kappa shape index (κ2) is 18.4. The minimum Gasteiger partial charge on any atom is -0.453 e. The van der Waals surface area contributed by atoms with Crippen molar-refractivity contribution in [3.63, 3.8) is 0 Å². The Hall–Kier alpha value is -7.15. The lowest BCUT2D eigenvalue weighted by molar-refractivity contribution is -0.135. The number of aryl methyl sites for hydroxylation is 1. The number of nitrogens with one attached hydrogen (secondary N) is 2. The third-order valence-electron chi connectivity index (χ3n) is 13.8. The highest BCUT2D eigenvalue weighted by Crippen LogP contribution is 2.35. The molecule has 2 unspecified atom stereocenters. The average molecular weight is 962 g/mol. The molecule has 2 amide bonds. The number of aromatic nitrogens is 4. The monoisotopic (exact) mass is 961 g/mol. The van der Waals surface area contributed by atoms with Gasteiger partial charge in [-0.1, -0.05) is 0 Å². The maximum atomic E-state index is 15.2. The molecule has 69 heavy (non-hydrogen) atoms. The lowest BCUT2D eigenvalue weighted by Crippen LogP contribution is -2.49. The van der Waals surface area contributed by atoms with Crippen LogP contribution in [0.5, 0.6) is 11.5 Å². The Morgan fingerprint density at radius 2 is 1.57 bits per heavy atom. The van der Waals surface area contributed by atoms with Crippen molar-refractivity contribution in [1.82, 2.24) is 33.2 Å². The summed E-state index contributed by atoms with van der Waals surface area (Å²) in [5, 5.41) is 12.5. The predicted molar refractivity (Wildman–Crippen MR) is 254 cm³/mol. The van der Waals surface area contributed by atoms with E-state index < -0.39 is 51.0 Å². The van der Waals surface area contributed by atoms with Crippen LogP contribution in [0.2, 0.25) is 0 Å². The summed E-state index contributed by atoms with van der Waals surface area (Å²) in [6.45, 7) is 5.93. The van der Waals surface area contributed by atoms with E-state index in [0.29, 0.717) is 29.1 Å². The largest absolute Gasteiger partial charge is 0.453 e. The third-order valence-corrected chi connectivity index (χ3v) is 15.3. The quantitative estimate of drug-likeness (QED) is 0.172. The van der Waals surface area contributed by atoms with Gasteiger partial charge in [0, 0.05) is 83.7 Å². The van der Waals surface area contributed by atoms with Gasteiger partial charge in [0.05, 0.1) is 33.3 Å². The number of imide groups is 1. The minimum atomic E-state index is -4.24. The molecule has 21 heteroatoms. The Kier molecular flexibility index (Phi) is 12.2. The van der Waals surface area contributed by atoms with Crippen LogP contribution < -0.4 is 35.8 Å². The maximum absolute atomic E-state index is 15.2. The molecule has 6 aromatic rings. The molecule has 18 nitrogen and oxygen atoms in total. The molecule has 6 heterocycles. The number of ether oxygens (including phenoxy) is 1. The van der Waals surface area contributed by atoms with Crippen LogP contribution in [0.4, 0.5) is 25.8 Å². The number of carbonyl (C=O) groups is 2. The fourth-order valence-corrected chi connectivity index (χ4v) is 11.2. The van der Waals surface area contributed by atoms with E-state index in [1.165, 1.54) is 33.7 Å². The van der Waals surface area contributed by atoms with E-state index >= 15 is 4.39 Å². The van der Waals surface area contributed by atoms with Gasteiger partial charge in [-0.2, -0.15) is 18.0 Å². The number of anilines is 3. The van der Waals surface area contributed by atoms with Crippen molar-refractivity contribution < 1.29 is 31.5 Å². The van der Waals surface area contributed by atoms with Crippen LogP contribution >= 0.6 is 0 Å². The van der Waals surface area contributed by atoms with Crippen molar-refractivity contribution in [3.05, 3.63) is 111 Å². The van der Waals surface area contributed by atoms with Gasteiger partial charge in [0.15, 0.2) is 11.6 Å². The number of alkyl halides is 1. The summed E-state index contributed by atoms with van der Waals surface area (Å²) in [5.74, 6) is -1.69. The van der Waals surface area contributed by atoms with Crippen LogP contribution in [0.15, 0.2) is 88.7 Å². The molecule has 2 aromatic heterocycles. The predicted octanol–water partition coefficient (Wildman–Crippen LogP) is 4.56. The number of hydrogen-bond donors (Lipinski definition) is 2. The fraction of sp³-hybridized carbons (Fsp3) is 0.375. The molecule has 0 aliphatic carbocycles. The Morgan fingerprint density at radius 1 is 0.841 bits per heavy atom. The Balaban J connectivity index is 0.747. The molecular formula is C48H49F2N11O7S. The van der Waals surface area contributed by atoms with Gasteiger partial charge in [-0.3, -0.25) is 43.0 Å². The van der Waals surface area contributed by atoms with Gasteiger partial charge < -0.3 is 14.5 Å². The Morgan fingerprint density at radius 3 is 2.28 bits per heavy atom. The number of piperazine rings is 1. The fourth-order valence-electron chi connectivity index (χ4n) is 9.96. The van der Waals surface area contributed by atoms with Gasteiger partial charge in [0.2, 0.25) is 11.8 Å². The van der Waals surface area contributed by atoms with Crippen LogP contribution in [0.1, 0.15) is 43.7 Å². The van der Waals surface area contributed by atoms with Crippen LogP contribution in [0, 0.1) is 23.1 Å². The summed E-state index contributed by atoms with van der Waals surface area (Å²) in [6.07, 6.45) is 2.73. The minimum absolute atomic E-state index is 0.0138. The van der Waals surface area contributed by atoms with Gasteiger partial charge >= 0.3 is 15.9 Å². The number of amides is 2. The number of piperidine rings is 2. The lowest BCUT2D eigenvalue weighted by Gasteiger charge is -2.40. The first kappa shape index (κ1) is 45.6. The molecule has 4 aliphatic heterocycles. The first-order chi connectivity index (χ1) is 33.2. The van der Waals surface area contributed by atoms with Gasteiger partial charge in [-0.25, -0.2) is 18.6 Å².